The van der Waals surface area contributed by atoms with E-state index in [0.29, 0.717) is 0 Å². The van der Waals surface area contributed by atoms with Gasteiger partial charge in [-0.2, -0.15) is 0 Å². The fourth-order valence-electron chi connectivity index (χ4n) is 2.64. The van der Waals surface area contributed by atoms with E-state index < -0.39 is 0 Å². The van der Waals surface area contributed by atoms with Crippen molar-refractivity contribution in [3.8, 4) is 5.75 Å². The first-order valence-electron chi connectivity index (χ1n) is 7.01. The number of hydrogen-bond donors (Lipinski definition) is 1. The summed E-state index contributed by atoms with van der Waals surface area (Å²) < 4.78 is 7.21. The Kier molecular flexibility index (Phi) is 4.63. The van der Waals surface area contributed by atoms with Crippen LogP contribution in [0.15, 0.2) is 29.6 Å². The fourth-order valence-corrected chi connectivity index (χ4v) is 4.04. The summed E-state index contributed by atoms with van der Waals surface area (Å²) in [6.45, 7) is 4.03. The van der Waals surface area contributed by atoms with Gasteiger partial charge in [-0.05, 0) is 58.1 Å². The minimum Gasteiger partial charge on any atom is -0.493 e. The maximum Gasteiger partial charge on any atom is 0.127 e. The highest BCUT2D eigenvalue weighted by molar-refractivity contribution is 14.1. The van der Waals surface area contributed by atoms with Crippen molar-refractivity contribution in [1.82, 2.24) is 5.32 Å². The van der Waals surface area contributed by atoms with Gasteiger partial charge in [0, 0.05) is 12.0 Å². The van der Waals surface area contributed by atoms with E-state index in [1.165, 1.54) is 19.6 Å². The first-order valence-corrected chi connectivity index (χ1v) is 8.97. The lowest BCUT2D eigenvalue weighted by atomic mass is 9.97. The second-order valence-electron chi connectivity index (χ2n) is 5.01. The normalized spacial score (nSPS) is 14.9. The molecule has 0 saturated carbocycles. The Labute approximate surface area is 137 Å². The van der Waals surface area contributed by atoms with Crippen molar-refractivity contribution in [2.24, 2.45) is 0 Å². The topological polar surface area (TPSA) is 21.3 Å². The van der Waals surface area contributed by atoms with Crippen LogP contribution in [0.2, 0.25) is 0 Å². The average molecular weight is 399 g/mol. The highest BCUT2D eigenvalue weighted by atomic mass is 127. The molecule has 2 nitrogen and oxygen atoms in total. The third-order valence-corrected chi connectivity index (χ3v) is 5.38. The Morgan fingerprint density at radius 2 is 2.35 bits per heavy atom. The first kappa shape index (κ1) is 14.4. The summed E-state index contributed by atoms with van der Waals surface area (Å²) in [5, 5.41) is 5.92. The van der Waals surface area contributed by atoms with Crippen molar-refractivity contribution in [3.63, 3.8) is 0 Å². The van der Waals surface area contributed by atoms with E-state index in [9.17, 15) is 0 Å². The van der Waals surface area contributed by atoms with E-state index in [1.54, 1.807) is 11.3 Å². The monoisotopic (exact) mass is 399 g/mol. The van der Waals surface area contributed by atoms with Crippen molar-refractivity contribution in [3.05, 3.63) is 49.2 Å². The van der Waals surface area contributed by atoms with Crippen molar-refractivity contribution in [2.75, 3.05) is 13.2 Å². The molecule has 0 saturated heterocycles. The van der Waals surface area contributed by atoms with Crippen LogP contribution >= 0.6 is 33.9 Å². The zero-order valence-corrected chi connectivity index (χ0v) is 14.5. The molecular weight excluding hydrogens is 381 g/mol. The predicted octanol–water partition coefficient (Wildman–Crippen LogP) is 4.38. The number of halogens is 1. The molecule has 1 aliphatic rings. The summed E-state index contributed by atoms with van der Waals surface area (Å²) in [5.41, 5.74) is 3.97. The van der Waals surface area contributed by atoms with E-state index in [1.807, 2.05) is 0 Å². The quantitative estimate of drug-likeness (QED) is 0.754. The van der Waals surface area contributed by atoms with Gasteiger partial charge >= 0.3 is 0 Å². The van der Waals surface area contributed by atoms with Gasteiger partial charge in [0.05, 0.1) is 15.5 Å². The lowest BCUT2D eigenvalue weighted by molar-refractivity contribution is 0.350. The standard InChI is InChI=1S/C16H18INOS/c1-2-7-18-15(12-9-14(17)20-10-12)13-5-3-4-11-6-8-19-16(11)13/h3-5,9-10,15,18H,2,6-8H2,1H3. The number of thiophene rings is 1. The second kappa shape index (κ2) is 6.45. The number of rotatable bonds is 5. The van der Waals surface area contributed by atoms with Crippen LogP contribution in [-0.4, -0.2) is 13.2 Å². The number of nitrogens with one attached hydrogen (secondary N) is 1. The molecule has 2 heterocycles. The van der Waals surface area contributed by atoms with E-state index >= 15 is 0 Å². The maximum atomic E-state index is 5.88. The Bertz CT molecular complexity index is 596. The van der Waals surface area contributed by atoms with Crippen LogP contribution < -0.4 is 10.1 Å². The van der Waals surface area contributed by atoms with Crippen molar-refractivity contribution in [1.29, 1.82) is 0 Å². The molecule has 1 atom stereocenters. The molecule has 1 unspecified atom stereocenters. The molecule has 0 amide bonds. The Hall–Kier alpha value is -0.590. The highest BCUT2D eigenvalue weighted by Crippen LogP contribution is 2.37. The lowest BCUT2D eigenvalue weighted by Crippen LogP contribution is -2.23. The lowest BCUT2D eigenvalue weighted by Gasteiger charge is -2.20. The smallest absolute Gasteiger partial charge is 0.127 e. The molecule has 0 radical (unpaired) electrons. The summed E-state index contributed by atoms with van der Waals surface area (Å²) in [6.07, 6.45) is 2.17. The first-order chi connectivity index (χ1) is 9.79. The van der Waals surface area contributed by atoms with E-state index in [-0.39, 0.29) is 6.04 Å². The van der Waals surface area contributed by atoms with Crippen LogP contribution in [0.3, 0.4) is 0 Å². The molecule has 0 bridgehead atoms. The minimum atomic E-state index is 0.239. The van der Waals surface area contributed by atoms with Gasteiger partial charge < -0.3 is 10.1 Å². The Morgan fingerprint density at radius 1 is 1.45 bits per heavy atom. The maximum absolute atomic E-state index is 5.88. The molecule has 20 heavy (non-hydrogen) atoms. The average Bonchev–Trinajstić information content (AvgIpc) is 3.08. The largest absolute Gasteiger partial charge is 0.493 e. The minimum absolute atomic E-state index is 0.239. The van der Waals surface area contributed by atoms with Crippen LogP contribution in [0, 0.1) is 2.88 Å². The summed E-state index contributed by atoms with van der Waals surface area (Å²) in [6, 6.07) is 9.04. The molecule has 0 spiro atoms. The van der Waals surface area contributed by atoms with Crippen LogP contribution in [0.4, 0.5) is 0 Å². The SMILES string of the molecule is CCCNC(c1csc(I)c1)c1cccc2c1OCC2. The van der Waals surface area contributed by atoms with Gasteiger partial charge in [0.1, 0.15) is 5.75 Å². The number of fused-ring (bicyclic) bond motifs is 1. The molecule has 1 aromatic carbocycles. The van der Waals surface area contributed by atoms with Crippen LogP contribution in [0.1, 0.15) is 36.1 Å². The number of benzene rings is 1. The molecule has 0 fully saturated rings. The van der Waals surface area contributed by atoms with Crippen molar-refractivity contribution < 1.29 is 4.74 Å². The van der Waals surface area contributed by atoms with E-state index in [4.69, 9.17) is 4.74 Å². The third-order valence-electron chi connectivity index (χ3n) is 3.58. The third kappa shape index (κ3) is 2.87. The Morgan fingerprint density at radius 3 is 3.10 bits per heavy atom. The van der Waals surface area contributed by atoms with Gasteiger partial charge in [-0.15, -0.1) is 11.3 Å². The van der Waals surface area contributed by atoms with Gasteiger partial charge in [-0.1, -0.05) is 25.1 Å². The molecule has 1 aromatic heterocycles. The van der Waals surface area contributed by atoms with Gasteiger partial charge in [-0.3, -0.25) is 0 Å². The molecule has 2 aromatic rings. The molecule has 1 aliphatic heterocycles. The van der Waals surface area contributed by atoms with Gasteiger partial charge in [0.2, 0.25) is 0 Å². The predicted molar refractivity (Wildman–Crippen MR) is 92.8 cm³/mol. The number of para-hydroxylation sites is 1. The molecule has 4 heteroatoms. The Balaban J connectivity index is 1.99. The summed E-state index contributed by atoms with van der Waals surface area (Å²) in [5.74, 6) is 1.10. The fraction of sp³-hybridized carbons (Fsp3) is 0.375. The molecule has 0 aliphatic carbocycles. The summed E-state index contributed by atoms with van der Waals surface area (Å²) in [7, 11) is 0. The van der Waals surface area contributed by atoms with Gasteiger partial charge in [-0.25, -0.2) is 0 Å². The zero-order chi connectivity index (χ0) is 13.9. The highest BCUT2D eigenvalue weighted by Gasteiger charge is 2.23. The van der Waals surface area contributed by atoms with Crippen LogP contribution in [0.5, 0.6) is 5.75 Å². The van der Waals surface area contributed by atoms with Crippen LogP contribution in [0.25, 0.3) is 0 Å². The zero-order valence-electron chi connectivity index (χ0n) is 11.5. The number of hydrogen-bond acceptors (Lipinski definition) is 3. The van der Waals surface area contributed by atoms with Gasteiger partial charge in [0.25, 0.3) is 0 Å². The summed E-state index contributed by atoms with van der Waals surface area (Å²) in [4.78, 5) is 0. The molecule has 3 rings (SSSR count). The van der Waals surface area contributed by atoms with Crippen molar-refractivity contribution in [2.45, 2.75) is 25.8 Å². The molecule has 106 valence electrons. The molecule has 1 N–H and O–H groups in total. The van der Waals surface area contributed by atoms with E-state index in [2.05, 4.69) is 64.5 Å². The summed E-state index contributed by atoms with van der Waals surface area (Å²) >= 11 is 4.19. The van der Waals surface area contributed by atoms with Crippen LogP contribution in [-0.2, 0) is 6.42 Å². The van der Waals surface area contributed by atoms with Crippen molar-refractivity contribution >= 4 is 33.9 Å². The molecular formula is C16H18INOS. The van der Waals surface area contributed by atoms with E-state index in [0.717, 1.165) is 31.7 Å². The van der Waals surface area contributed by atoms with Gasteiger partial charge in [0.15, 0.2) is 0 Å². The number of ether oxygens (including phenoxy) is 1. The second-order valence-corrected chi connectivity index (χ2v) is 7.81.